The summed E-state index contributed by atoms with van der Waals surface area (Å²) in [5, 5.41) is 0. The van der Waals surface area contributed by atoms with Crippen molar-refractivity contribution in [1.82, 2.24) is 0 Å². The molecular weight excluding hydrogens is 406 g/mol. The number of benzene rings is 2. The number of carbonyl (C=O) groups excluding carboxylic acids is 1. The highest BCUT2D eigenvalue weighted by Crippen LogP contribution is 2.48. The number of allylic oxidation sites excluding steroid dienone is 1. The zero-order chi connectivity index (χ0) is 22.7. The van der Waals surface area contributed by atoms with Crippen LogP contribution in [0, 0.1) is 36.3 Å². The maximum Gasteiger partial charge on any atom is 0.343 e. The molecule has 2 aliphatic rings. The van der Waals surface area contributed by atoms with Gasteiger partial charge in [-0.25, -0.2) is 13.6 Å². The van der Waals surface area contributed by atoms with Gasteiger partial charge in [-0.3, -0.25) is 0 Å². The largest absolute Gasteiger partial charge is 0.420 e. The molecule has 32 heavy (non-hydrogen) atoms. The SMILES string of the molecule is C=CCCC1CCC2CC(c3ccc(C(=O)Oc4ccc(C)cc4F)cc3F)CCC2C1. The van der Waals surface area contributed by atoms with Gasteiger partial charge in [0.15, 0.2) is 11.6 Å². The smallest absolute Gasteiger partial charge is 0.343 e. The van der Waals surface area contributed by atoms with Crippen molar-refractivity contribution in [3.05, 3.63) is 77.4 Å². The predicted molar refractivity (Wildman–Crippen MR) is 123 cm³/mol. The summed E-state index contributed by atoms with van der Waals surface area (Å²) in [5.74, 6) is 0.566. The minimum atomic E-state index is -0.750. The third-order valence-electron chi connectivity index (χ3n) is 7.47. The second-order valence-corrected chi connectivity index (χ2v) is 9.63. The van der Waals surface area contributed by atoms with E-state index in [1.165, 1.54) is 43.9 Å². The van der Waals surface area contributed by atoms with Crippen molar-refractivity contribution < 1.29 is 18.3 Å². The average Bonchev–Trinajstić information content (AvgIpc) is 2.79. The van der Waals surface area contributed by atoms with Crippen molar-refractivity contribution >= 4 is 5.97 Å². The van der Waals surface area contributed by atoms with Crippen LogP contribution in [0.1, 0.15) is 78.8 Å². The maximum absolute atomic E-state index is 15.0. The Kier molecular flexibility index (Phi) is 7.07. The van der Waals surface area contributed by atoms with E-state index in [1.54, 1.807) is 25.1 Å². The van der Waals surface area contributed by atoms with E-state index in [0.29, 0.717) is 11.5 Å². The summed E-state index contributed by atoms with van der Waals surface area (Å²) in [6.45, 7) is 5.60. The lowest BCUT2D eigenvalue weighted by molar-refractivity contribution is 0.0727. The van der Waals surface area contributed by atoms with Crippen LogP contribution in [-0.2, 0) is 0 Å². The van der Waals surface area contributed by atoms with Crippen molar-refractivity contribution in [3.8, 4) is 5.75 Å². The molecule has 0 N–H and O–H groups in total. The quantitative estimate of drug-likeness (QED) is 0.262. The molecule has 0 bridgehead atoms. The fourth-order valence-corrected chi connectivity index (χ4v) is 5.72. The molecule has 0 saturated heterocycles. The van der Waals surface area contributed by atoms with E-state index in [2.05, 4.69) is 6.58 Å². The molecular formula is C28H32F2O2. The first-order chi connectivity index (χ1) is 15.4. The van der Waals surface area contributed by atoms with E-state index < -0.39 is 11.8 Å². The molecule has 0 amide bonds. The molecule has 2 saturated carbocycles. The number of ether oxygens (including phenoxy) is 1. The van der Waals surface area contributed by atoms with Crippen molar-refractivity contribution in [3.63, 3.8) is 0 Å². The number of esters is 1. The summed E-state index contributed by atoms with van der Waals surface area (Å²) >= 11 is 0. The van der Waals surface area contributed by atoms with Gasteiger partial charge in [0, 0.05) is 0 Å². The van der Waals surface area contributed by atoms with Gasteiger partial charge in [-0.15, -0.1) is 6.58 Å². The molecule has 2 aromatic carbocycles. The first-order valence-electron chi connectivity index (χ1n) is 11.8. The van der Waals surface area contributed by atoms with E-state index in [1.807, 2.05) is 6.08 Å². The van der Waals surface area contributed by atoms with E-state index in [4.69, 9.17) is 4.74 Å². The van der Waals surface area contributed by atoms with E-state index in [0.717, 1.165) is 43.1 Å². The molecule has 2 fully saturated rings. The summed E-state index contributed by atoms with van der Waals surface area (Å²) in [7, 11) is 0. The maximum atomic E-state index is 15.0. The van der Waals surface area contributed by atoms with Crippen molar-refractivity contribution in [2.75, 3.05) is 0 Å². The van der Waals surface area contributed by atoms with Crippen LogP contribution in [0.5, 0.6) is 5.75 Å². The normalized spacial score (nSPS) is 25.1. The Labute approximate surface area is 189 Å². The summed E-state index contributed by atoms with van der Waals surface area (Å²) < 4.78 is 34.1. The van der Waals surface area contributed by atoms with Gasteiger partial charge in [0.2, 0.25) is 0 Å². The van der Waals surface area contributed by atoms with Gasteiger partial charge in [-0.05, 0) is 111 Å². The van der Waals surface area contributed by atoms with E-state index >= 15 is 4.39 Å². The molecule has 4 rings (SSSR count). The van der Waals surface area contributed by atoms with Crippen molar-refractivity contribution in [1.29, 1.82) is 0 Å². The Bertz CT molecular complexity index is 983. The number of carbonyl (C=O) groups is 1. The predicted octanol–water partition coefficient (Wildman–Crippen LogP) is 7.76. The van der Waals surface area contributed by atoms with Crippen LogP contribution in [0.2, 0.25) is 0 Å². The number of halogens is 2. The van der Waals surface area contributed by atoms with E-state index in [9.17, 15) is 9.18 Å². The molecule has 2 aliphatic carbocycles. The Morgan fingerprint density at radius 3 is 2.56 bits per heavy atom. The van der Waals surface area contributed by atoms with Crippen LogP contribution in [-0.4, -0.2) is 5.97 Å². The van der Waals surface area contributed by atoms with Gasteiger partial charge in [0.05, 0.1) is 5.56 Å². The van der Waals surface area contributed by atoms with Crippen LogP contribution in [0.3, 0.4) is 0 Å². The molecule has 0 heterocycles. The van der Waals surface area contributed by atoms with Crippen LogP contribution in [0.4, 0.5) is 8.78 Å². The van der Waals surface area contributed by atoms with Crippen LogP contribution in [0.25, 0.3) is 0 Å². The fourth-order valence-electron chi connectivity index (χ4n) is 5.72. The first-order valence-corrected chi connectivity index (χ1v) is 11.8. The lowest BCUT2D eigenvalue weighted by atomic mass is 9.63. The summed E-state index contributed by atoms with van der Waals surface area (Å²) in [6.07, 6.45) is 11.3. The molecule has 2 aromatic rings. The standard InChI is InChI=1S/C28H32F2O2/c1-3-4-5-19-7-8-21-16-22(10-9-20(21)15-19)24-12-11-23(17-25(24)29)28(31)32-27-13-6-18(2)14-26(27)30/h3,6,11-14,17,19-22H,1,4-5,7-10,15-16H2,2H3. The topological polar surface area (TPSA) is 26.3 Å². The van der Waals surface area contributed by atoms with Crippen LogP contribution >= 0.6 is 0 Å². The molecule has 0 radical (unpaired) electrons. The highest BCUT2D eigenvalue weighted by atomic mass is 19.1. The molecule has 0 aliphatic heterocycles. The number of aryl methyl sites for hydroxylation is 1. The Hall–Kier alpha value is -2.49. The van der Waals surface area contributed by atoms with Gasteiger partial charge in [-0.1, -0.05) is 24.6 Å². The molecule has 170 valence electrons. The number of rotatable bonds is 6. The summed E-state index contributed by atoms with van der Waals surface area (Å²) in [6, 6.07) is 8.94. The average molecular weight is 439 g/mol. The lowest BCUT2D eigenvalue weighted by Crippen LogP contribution is -2.30. The second-order valence-electron chi connectivity index (χ2n) is 9.63. The fraction of sp³-hybridized carbons (Fsp3) is 0.464. The van der Waals surface area contributed by atoms with Crippen LogP contribution < -0.4 is 4.74 Å². The minimum absolute atomic E-state index is 0.0997. The number of hydrogen-bond donors (Lipinski definition) is 0. The second kappa shape index (κ2) is 9.97. The zero-order valence-corrected chi connectivity index (χ0v) is 18.8. The molecule has 4 atom stereocenters. The molecule has 0 aromatic heterocycles. The highest BCUT2D eigenvalue weighted by molar-refractivity contribution is 5.91. The van der Waals surface area contributed by atoms with Gasteiger partial charge < -0.3 is 4.74 Å². The van der Waals surface area contributed by atoms with Gasteiger partial charge in [0.25, 0.3) is 0 Å². The van der Waals surface area contributed by atoms with Gasteiger partial charge in [0.1, 0.15) is 5.82 Å². The summed E-state index contributed by atoms with van der Waals surface area (Å²) in [5.41, 5.74) is 1.52. The van der Waals surface area contributed by atoms with Crippen LogP contribution in [0.15, 0.2) is 49.1 Å². The molecule has 4 heteroatoms. The monoisotopic (exact) mass is 438 g/mol. The third kappa shape index (κ3) is 5.11. The third-order valence-corrected chi connectivity index (χ3v) is 7.47. The van der Waals surface area contributed by atoms with Gasteiger partial charge >= 0.3 is 5.97 Å². The van der Waals surface area contributed by atoms with Crippen molar-refractivity contribution in [2.45, 2.75) is 64.2 Å². The highest BCUT2D eigenvalue weighted by Gasteiger charge is 2.36. The number of fused-ring (bicyclic) bond motifs is 1. The molecule has 4 unspecified atom stereocenters. The Morgan fingerprint density at radius 2 is 1.81 bits per heavy atom. The lowest BCUT2D eigenvalue weighted by Gasteiger charge is -2.42. The molecule has 0 spiro atoms. The minimum Gasteiger partial charge on any atom is -0.420 e. The zero-order valence-electron chi connectivity index (χ0n) is 18.8. The van der Waals surface area contributed by atoms with Crippen molar-refractivity contribution in [2.24, 2.45) is 17.8 Å². The first kappa shape index (κ1) is 22.7. The van der Waals surface area contributed by atoms with E-state index in [-0.39, 0.29) is 23.0 Å². The van der Waals surface area contributed by atoms with Gasteiger partial charge in [-0.2, -0.15) is 0 Å². The Balaban J connectivity index is 1.39. The number of hydrogen-bond acceptors (Lipinski definition) is 2. The summed E-state index contributed by atoms with van der Waals surface area (Å²) in [4.78, 5) is 12.4. The molecule has 2 nitrogen and oxygen atoms in total. The Morgan fingerprint density at radius 1 is 1.03 bits per heavy atom.